The van der Waals surface area contributed by atoms with E-state index in [9.17, 15) is 18.0 Å². The lowest BCUT2D eigenvalue weighted by Crippen LogP contribution is -2.49. The highest BCUT2D eigenvalue weighted by molar-refractivity contribution is 7.11. The van der Waals surface area contributed by atoms with Crippen molar-refractivity contribution in [1.29, 1.82) is 0 Å². The van der Waals surface area contributed by atoms with Gasteiger partial charge in [0.2, 0.25) is 0 Å². The standard InChI is InChI=1S/C24H20ClF3N6O2S/c1-2-33-23(35)36-12-24(33)10-17-18(16-5-7-34(31-16)22(27)28)19(14-4-3-13(26)9-15(14)25)30-20(32(17)11-24)21-29-6-8-37-21/h3-9,19,22H,2,10-12H2,1H3/t19-,24+/m0/s1. The maximum Gasteiger partial charge on any atom is 0.410 e. The number of fused-ring (bicyclic) bond motifs is 1. The van der Waals surface area contributed by atoms with Crippen molar-refractivity contribution in [3.63, 3.8) is 0 Å². The van der Waals surface area contributed by atoms with Crippen LogP contribution in [-0.2, 0) is 4.74 Å². The Kier molecular flexibility index (Phi) is 5.75. The molecule has 2 fully saturated rings. The third-order valence-corrected chi connectivity index (χ3v) is 8.00. The number of cyclic esters (lactones) is 1. The van der Waals surface area contributed by atoms with E-state index in [1.165, 1.54) is 41.8 Å². The highest BCUT2D eigenvalue weighted by Crippen LogP contribution is 2.50. The van der Waals surface area contributed by atoms with Crippen LogP contribution in [-0.4, -0.2) is 61.7 Å². The van der Waals surface area contributed by atoms with Gasteiger partial charge in [-0.05, 0) is 25.1 Å². The lowest BCUT2D eigenvalue weighted by atomic mass is 9.90. The van der Waals surface area contributed by atoms with Crippen LogP contribution in [0.5, 0.6) is 0 Å². The van der Waals surface area contributed by atoms with Crippen molar-refractivity contribution in [3.05, 3.63) is 74.8 Å². The molecule has 3 aromatic rings. The molecule has 192 valence electrons. The molecule has 37 heavy (non-hydrogen) atoms. The second-order valence-electron chi connectivity index (χ2n) is 8.96. The number of hydrogen-bond acceptors (Lipinski definition) is 7. The Hall–Kier alpha value is -3.38. The van der Waals surface area contributed by atoms with Crippen LogP contribution in [0.25, 0.3) is 5.57 Å². The summed E-state index contributed by atoms with van der Waals surface area (Å²) in [6.45, 7) is 0.0380. The van der Waals surface area contributed by atoms with Crippen molar-refractivity contribution >= 4 is 40.4 Å². The van der Waals surface area contributed by atoms with Crippen LogP contribution in [0.4, 0.5) is 18.0 Å². The Morgan fingerprint density at radius 3 is 2.84 bits per heavy atom. The normalized spacial score (nSPS) is 23.4. The van der Waals surface area contributed by atoms with Gasteiger partial charge in [0.1, 0.15) is 24.0 Å². The number of nitrogens with zero attached hydrogens (tertiary/aromatic N) is 6. The number of amides is 1. The molecule has 8 nitrogen and oxygen atoms in total. The van der Waals surface area contributed by atoms with Gasteiger partial charge in [0, 0.05) is 52.6 Å². The molecule has 0 unspecified atom stereocenters. The van der Waals surface area contributed by atoms with Crippen LogP contribution < -0.4 is 0 Å². The number of hydrogen-bond donors (Lipinski definition) is 0. The van der Waals surface area contributed by atoms with E-state index < -0.39 is 30.0 Å². The SMILES string of the molecule is CCN1C(=O)OC[C@]12CC1=C(c3ccn(C(F)F)n3)[C@H](c3ccc(F)cc3Cl)N=C(c3nccs3)N1C2. The fourth-order valence-electron chi connectivity index (χ4n) is 5.33. The monoisotopic (exact) mass is 548 g/mol. The number of carbonyl (C=O) groups excluding carboxylic acids is 1. The second kappa shape index (κ2) is 8.88. The van der Waals surface area contributed by atoms with Crippen LogP contribution in [0.15, 0.2) is 52.7 Å². The van der Waals surface area contributed by atoms with Crippen LogP contribution in [0.2, 0.25) is 5.02 Å². The van der Waals surface area contributed by atoms with Gasteiger partial charge in [-0.2, -0.15) is 13.9 Å². The number of aliphatic imine (C=N–C) groups is 1. The number of likely N-dealkylation sites (N-methyl/N-ethyl adjacent to an activating group) is 1. The molecule has 6 rings (SSSR count). The Balaban J connectivity index is 1.59. The summed E-state index contributed by atoms with van der Waals surface area (Å²) in [5, 5.41) is 6.76. The summed E-state index contributed by atoms with van der Waals surface area (Å²) in [6, 6.07) is 4.74. The first kappa shape index (κ1) is 24.0. The first-order valence-corrected chi connectivity index (χ1v) is 12.8. The predicted octanol–water partition coefficient (Wildman–Crippen LogP) is 5.36. The minimum atomic E-state index is -2.83. The van der Waals surface area contributed by atoms with Crippen LogP contribution in [0.1, 0.15) is 42.2 Å². The molecule has 2 saturated heterocycles. The zero-order chi connectivity index (χ0) is 25.9. The van der Waals surface area contributed by atoms with E-state index in [0.717, 1.165) is 5.70 Å². The van der Waals surface area contributed by atoms with Crippen LogP contribution in [0.3, 0.4) is 0 Å². The van der Waals surface area contributed by atoms with Gasteiger partial charge in [0.05, 0.1) is 12.2 Å². The van der Waals surface area contributed by atoms with Gasteiger partial charge < -0.3 is 9.64 Å². The predicted molar refractivity (Wildman–Crippen MR) is 131 cm³/mol. The van der Waals surface area contributed by atoms with Crippen molar-refractivity contribution in [3.8, 4) is 0 Å². The minimum Gasteiger partial charge on any atom is -0.447 e. The second-order valence-corrected chi connectivity index (χ2v) is 10.3. The Labute approximate surface area is 218 Å². The molecule has 0 aliphatic carbocycles. The number of ether oxygens (including phenoxy) is 1. The molecule has 0 saturated carbocycles. The lowest BCUT2D eigenvalue weighted by molar-refractivity contribution is 0.0564. The molecule has 1 aromatic carbocycles. The molecule has 13 heteroatoms. The van der Waals surface area contributed by atoms with Crippen molar-refractivity contribution in [2.75, 3.05) is 19.7 Å². The molecule has 3 aliphatic heterocycles. The van der Waals surface area contributed by atoms with E-state index in [4.69, 9.17) is 21.3 Å². The summed E-state index contributed by atoms with van der Waals surface area (Å²) in [5.74, 6) is 0.0474. The zero-order valence-corrected chi connectivity index (χ0v) is 21.0. The summed E-state index contributed by atoms with van der Waals surface area (Å²) < 4.78 is 47.0. The Bertz CT molecular complexity index is 1440. The first-order chi connectivity index (χ1) is 17.8. The number of thiazole rings is 1. The van der Waals surface area contributed by atoms with E-state index in [2.05, 4.69) is 10.1 Å². The van der Waals surface area contributed by atoms with Crippen LogP contribution >= 0.6 is 22.9 Å². The smallest absolute Gasteiger partial charge is 0.410 e. The quantitative estimate of drug-likeness (QED) is 0.429. The zero-order valence-electron chi connectivity index (χ0n) is 19.4. The Morgan fingerprint density at radius 1 is 1.32 bits per heavy atom. The van der Waals surface area contributed by atoms with Gasteiger partial charge in [-0.1, -0.05) is 17.7 Å². The molecule has 1 amide bonds. The number of alkyl halides is 2. The van der Waals surface area contributed by atoms with Crippen molar-refractivity contribution in [1.82, 2.24) is 24.6 Å². The highest BCUT2D eigenvalue weighted by Gasteiger charge is 2.55. The average molecular weight is 549 g/mol. The molecular formula is C24H20ClF3N6O2S. The number of benzene rings is 1. The molecule has 5 heterocycles. The van der Waals surface area contributed by atoms with E-state index in [1.807, 2.05) is 17.2 Å². The molecule has 3 aliphatic rings. The maximum absolute atomic E-state index is 14.0. The highest BCUT2D eigenvalue weighted by atomic mass is 35.5. The summed E-state index contributed by atoms with van der Waals surface area (Å²) in [5.41, 5.74) is 1.41. The molecule has 1 spiro atoms. The van der Waals surface area contributed by atoms with Gasteiger partial charge in [0.25, 0.3) is 0 Å². The third-order valence-electron chi connectivity index (χ3n) is 6.90. The molecule has 0 N–H and O–H groups in total. The van der Waals surface area contributed by atoms with Crippen LogP contribution in [0, 0.1) is 5.82 Å². The van der Waals surface area contributed by atoms with Gasteiger partial charge in [0.15, 0.2) is 10.8 Å². The van der Waals surface area contributed by atoms with Crippen molar-refractivity contribution in [2.45, 2.75) is 31.5 Å². The number of carbonyl (C=O) groups is 1. The number of amidine groups is 1. The summed E-state index contributed by atoms with van der Waals surface area (Å²) in [7, 11) is 0. The molecule has 2 atom stereocenters. The summed E-state index contributed by atoms with van der Waals surface area (Å²) in [6.07, 6.45) is 2.84. The third kappa shape index (κ3) is 3.81. The number of aromatic nitrogens is 3. The first-order valence-electron chi connectivity index (χ1n) is 11.5. The van der Waals surface area contributed by atoms with E-state index in [-0.39, 0.29) is 17.3 Å². The topological polar surface area (TPSA) is 75.8 Å². The van der Waals surface area contributed by atoms with Gasteiger partial charge in [-0.25, -0.2) is 18.9 Å². The number of rotatable bonds is 5. The molecule has 0 bridgehead atoms. The van der Waals surface area contributed by atoms with E-state index >= 15 is 0 Å². The fraction of sp³-hybridized carbons (Fsp3) is 0.333. The minimum absolute atomic E-state index is 0.148. The fourth-order valence-corrected chi connectivity index (χ4v) is 6.24. The number of halogens is 4. The van der Waals surface area contributed by atoms with Crippen molar-refractivity contribution in [2.24, 2.45) is 4.99 Å². The summed E-state index contributed by atoms with van der Waals surface area (Å²) in [4.78, 5) is 25.7. The van der Waals surface area contributed by atoms with E-state index in [1.54, 1.807) is 11.1 Å². The molecule has 2 aromatic heterocycles. The molecular weight excluding hydrogens is 529 g/mol. The molecule has 0 radical (unpaired) electrons. The largest absolute Gasteiger partial charge is 0.447 e. The average Bonchev–Trinajstić information content (AvgIpc) is 3.66. The van der Waals surface area contributed by atoms with Gasteiger partial charge in [-0.15, -0.1) is 11.3 Å². The van der Waals surface area contributed by atoms with E-state index in [0.29, 0.717) is 46.2 Å². The lowest BCUT2D eigenvalue weighted by Gasteiger charge is -2.33. The maximum atomic E-state index is 14.0. The Morgan fingerprint density at radius 2 is 2.16 bits per heavy atom. The summed E-state index contributed by atoms with van der Waals surface area (Å²) >= 11 is 7.89. The van der Waals surface area contributed by atoms with Crippen molar-refractivity contribution < 1.29 is 22.7 Å². The van der Waals surface area contributed by atoms with Gasteiger partial charge >= 0.3 is 12.6 Å². The van der Waals surface area contributed by atoms with Gasteiger partial charge in [-0.3, -0.25) is 9.89 Å².